The van der Waals surface area contributed by atoms with Crippen LogP contribution >= 0.6 is 0 Å². The molecule has 21 rings (SSSR count). The molecule has 3 aliphatic heterocycles. The molecule has 0 N–H and O–H groups in total. The van der Waals surface area contributed by atoms with Crippen LogP contribution in [0, 0.1) is 47.3 Å². The molecular formula is C59H62BN5O. The van der Waals surface area contributed by atoms with Gasteiger partial charge in [-0.15, -0.1) is 0 Å². The second-order valence-corrected chi connectivity index (χ2v) is 26.9. The predicted octanol–water partition coefficient (Wildman–Crippen LogP) is 11.8. The molecule has 12 bridgehead atoms. The first kappa shape index (κ1) is 36.5. The third kappa shape index (κ3) is 4.26. The van der Waals surface area contributed by atoms with E-state index in [1.807, 2.05) is 0 Å². The van der Waals surface area contributed by atoms with Gasteiger partial charge in [0, 0.05) is 16.6 Å². The van der Waals surface area contributed by atoms with Crippen molar-refractivity contribution in [2.24, 2.45) is 47.3 Å². The first-order valence-electron chi connectivity index (χ1n) is 27.0. The zero-order valence-electron chi connectivity index (χ0n) is 39.2. The van der Waals surface area contributed by atoms with Crippen LogP contribution in [0.4, 0.5) is 17.1 Å². The number of rotatable bonds is 2. The number of benzene rings is 4. The van der Waals surface area contributed by atoms with Crippen LogP contribution in [-0.4, -0.2) is 25.7 Å². The minimum Gasteiger partial charge on any atom is -0.307 e. The minimum atomic E-state index is -0.188. The summed E-state index contributed by atoms with van der Waals surface area (Å²) in [6.07, 6.45) is 23.4. The molecule has 2 aromatic heterocycles. The number of anilines is 3. The highest BCUT2D eigenvalue weighted by atomic mass is 16.1. The molecular weight excluding hydrogens is 805 g/mol. The van der Waals surface area contributed by atoms with E-state index in [4.69, 9.17) is 4.98 Å². The normalized spacial score (nSPS) is 37.0. The molecule has 6 nitrogen and oxygen atoms in total. The molecule has 0 radical (unpaired) electrons. The lowest BCUT2D eigenvalue weighted by molar-refractivity contribution is -0.00517. The van der Waals surface area contributed by atoms with Crippen LogP contribution in [0.5, 0.6) is 0 Å². The molecule has 0 spiro atoms. The van der Waals surface area contributed by atoms with Gasteiger partial charge >= 0.3 is 6.85 Å². The highest BCUT2D eigenvalue weighted by Gasteiger charge is 2.56. The number of fused-ring (bicyclic) bond motifs is 10. The lowest BCUT2D eigenvalue weighted by Gasteiger charge is -2.57. The maximum atomic E-state index is 15.7. The Morgan fingerprint density at radius 1 is 0.606 bits per heavy atom. The van der Waals surface area contributed by atoms with Gasteiger partial charge in [-0.25, -0.2) is 4.98 Å². The van der Waals surface area contributed by atoms with Gasteiger partial charge in [0.2, 0.25) is 0 Å². The summed E-state index contributed by atoms with van der Waals surface area (Å²) in [4.78, 5) is 24.3. The van der Waals surface area contributed by atoms with E-state index in [1.54, 1.807) is 11.1 Å². The van der Waals surface area contributed by atoms with Gasteiger partial charge in [0.15, 0.2) is 0 Å². The Hall–Kier alpha value is -4.52. The summed E-state index contributed by atoms with van der Waals surface area (Å²) in [5.41, 5.74) is 19.3. The lowest BCUT2D eigenvalue weighted by atomic mass is 9.45. The molecule has 66 heavy (non-hydrogen) atoms. The SMILES string of the molecule is CC(C)(C)c1nc2c(C34CC5CC(CC(C5)C3)C4)ccc3c2n1-c1ccc2c4c1N3c1ccc(C35CC6CC(CC(C6)C3)C5)cc1B4n1c(=O)c3cc4c(cc3n1-2)C1CC2CC(CC4C2)C1. The molecule has 2 atom stereocenters. The average molecular weight is 868 g/mol. The highest BCUT2D eigenvalue weighted by molar-refractivity contribution is 6.88. The third-order valence-electron chi connectivity index (χ3n) is 22.0. The number of hydrogen-bond acceptors (Lipinski definition) is 3. The van der Waals surface area contributed by atoms with Crippen molar-refractivity contribution < 1.29 is 0 Å². The number of imidazole rings is 1. The van der Waals surface area contributed by atoms with Gasteiger partial charge in [-0.05, 0) is 243 Å². The molecule has 332 valence electrons. The van der Waals surface area contributed by atoms with Gasteiger partial charge < -0.3 is 4.90 Å². The Kier molecular flexibility index (Phi) is 6.36. The van der Waals surface area contributed by atoms with Gasteiger partial charge in [0.25, 0.3) is 5.56 Å². The quantitative estimate of drug-likeness (QED) is 0.163. The minimum absolute atomic E-state index is 0.170. The molecule has 0 amide bonds. The second-order valence-electron chi connectivity index (χ2n) is 26.9. The molecule has 12 aliphatic carbocycles. The smallest absolute Gasteiger partial charge is 0.307 e. The van der Waals surface area contributed by atoms with Gasteiger partial charge in [-0.2, -0.15) is 0 Å². The van der Waals surface area contributed by atoms with E-state index < -0.39 is 0 Å². The van der Waals surface area contributed by atoms with Crippen LogP contribution in [-0.2, 0) is 16.2 Å². The first-order valence-corrected chi connectivity index (χ1v) is 27.0. The Morgan fingerprint density at radius 3 is 1.80 bits per heavy atom. The molecule has 10 saturated carbocycles. The van der Waals surface area contributed by atoms with Gasteiger partial charge in [-0.1, -0.05) is 39.0 Å². The molecule has 4 aromatic carbocycles. The summed E-state index contributed by atoms with van der Waals surface area (Å²) in [5, 5.41) is 0.938. The Labute approximate surface area is 388 Å². The monoisotopic (exact) mass is 868 g/mol. The van der Waals surface area contributed by atoms with Crippen LogP contribution in [0.15, 0.2) is 59.4 Å². The van der Waals surface area contributed by atoms with E-state index in [0.717, 1.165) is 58.2 Å². The molecule has 7 heteroatoms. The highest BCUT2D eigenvalue weighted by Crippen LogP contribution is 2.64. The summed E-state index contributed by atoms with van der Waals surface area (Å²) >= 11 is 0. The summed E-state index contributed by atoms with van der Waals surface area (Å²) in [6, 6.07) is 22.7. The zero-order chi connectivity index (χ0) is 43.1. The molecule has 5 heterocycles. The Bertz CT molecular complexity index is 3250. The van der Waals surface area contributed by atoms with E-state index in [2.05, 4.69) is 94.1 Å². The van der Waals surface area contributed by atoms with Crippen molar-refractivity contribution in [3.8, 4) is 11.4 Å². The molecule has 6 aromatic rings. The van der Waals surface area contributed by atoms with Gasteiger partial charge in [0.1, 0.15) is 5.82 Å². The zero-order valence-corrected chi connectivity index (χ0v) is 39.2. The molecule has 10 fully saturated rings. The predicted molar refractivity (Wildman–Crippen MR) is 265 cm³/mol. The van der Waals surface area contributed by atoms with Crippen molar-refractivity contribution in [1.29, 1.82) is 0 Å². The largest absolute Gasteiger partial charge is 0.357 e. The van der Waals surface area contributed by atoms with Crippen LogP contribution in [0.3, 0.4) is 0 Å². The van der Waals surface area contributed by atoms with Crippen LogP contribution in [0.25, 0.3) is 33.3 Å². The summed E-state index contributed by atoms with van der Waals surface area (Å²) in [6.45, 7) is 6.92. The topological polar surface area (TPSA) is 48.0 Å². The van der Waals surface area contributed by atoms with E-state index in [0.29, 0.717) is 11.8 Å². The first-order chi connectivity index (χ1) is 32.0. The Morgan fingerprint density at radius 2 is 1.17 bits per heavy atom. The summed E-state index contributed by atoms with van der Waals surface area (Å²) in [5.74, 6) is 9.35. The third-order valence-corrected chi connectivity index (χ3v) is 22.0. The van der Waals surface area contributed by atoms with E-state index >= 15 is 4.79 Å². The van der Waals surface area contributed by atoms with Crippen molar-refractivity contribution in [1.82, 2.24) is 18.8 Å². The fraction of sp³-hybridized carbons (Fsp3) is 0.559. The van der Waals surface area contributed by atoms with Gasteiger partial charge in [0.05, 0.1) is 44.7 Å². The molecule has 2 unspecified atom stereocenters. The molecule has 0 saturated heterocycles. The van der Waals surface area contributed by atoms with Crippen molar-refractivity contribution >= 4 is 56.8 Å². The van der Waals surface area contributed by atoms with E-state index in [1.165, 1.54) is 177 Å². The van der Waals surface area contributed by atoms with Crippen molar-refractivity contribution in [2.45, 2.75) is 158 Å². The maximum absolute atomic E-state index is 15.7. The van der Waals surface area contributed by atoms with Gasteiger partial charge in [-0.3, -0.25) is 18.6 Å². The number of nitrogens with zero attached hydrogens (tertiary/aromatic N) is 5. The number of aromatic nitrogens is 4. The fourth-order valence-corrected chi connectivity index (χ4v) is 20.8. The van der Waals surface area contributed by atoms with Crippen LogP contribution in [0.2, 0.25) is 0 Å². The van der Waals surface area contributed by atoms with Crippen LogP contribution < -0.4 is 21.4 Å². The number of hydrogen-bond donors (Lipinski definition) is 0. The van der Waals surface area contributed by atoms with Crippen molar-refractivity contribution in [3.05, 3.63) is 93.0 Å². The second kappa shape index (κ2) is 11.5. The Balaban J connectivity index is 0.916. The molecule has 15 aliphatic rings. The van der Waals surface area contributed by atoms with Crippen molar-refractivity contribution in [3.63, 3.8) is 0 Å². The summed E-state index contributed by atoms with van der Waals surface area (Å²) in [7, 11) is 0. The average Bonchev–Trinajstić information content (AvgIpc) is 3.90. The van der Waals surface area contributed by atoms with Crippen LogP contribution in [0.1, 0.15) is 170 Å². The lowest BCUT2D eigenvalue weighted by Crippen LogP contribution is -2.56. The standard InChI is InChI=1S/C59H62BN5O/c1-57(2,3)56-61-52-44(59-27-35-14-36(28-59)16-37(15-35)29-59)5-7-49-54(52)63(56)48-9-8-47-51-53(48)62(49)46-6-4-40(58-24-32-11-33(25-58)13-34(12-32)26-58)21-45(46)60(51)65-55(66)43-22-41-38-17-30-10-31(18-38)20-39(19-30)42(41)23-50(43)64(47)65/h4-9,21-23,30-39H,10-20,24-29H2,1-3H3. The van der Waals surface area contributed by atoms with E-state index in [9.17, 15) is 0 Å². The van der Waals surface area contributed by atoms with E-state index in [-0.39, 0.29) is 28.7 Å². The fourth-order valence-electron chi connectivity index (χ4n) is 20.8. The summed E-state index contributed by atoms with van der Waals surface area (Å²) < 4.78 is 7.30. The van der Waals surface area contributed by atoms with Crippen molar-refractivity contribution in [2.75, 3.05) is 4.90 Å². The maximum Gasteiger partial charge on any atom is 0.357 e.